The molecule has 0 fully saturated rings. The highest BCUT2D eigenvalue weighted by atomic mass is 79.9. The highest BCUT2D eigenvalue weighted by molar-refractivity contribution is 9.10. The fourth-order valence-electron chi connectivity index (χ4n) is 1.61. The summed E-state index contributed by atoms with van der Waals surface area (Å²) < 4.78 is 0.834. The number of hydrogen-bond acceptors (Lipinski definition) is 3. The van der Waals surface area contributed by atoms with Crippen molar-refractivity contribution in [3.63, 3.8) is 0 Å². The van der Waals surface area contributed by atoms with Crippen LogP contribution in [0.2, 0.25) is 0 Å². The van der Waals surface area contributed by atoms with Crippen LogP contribution in [0.15, 0.2) is 16.9 Å². The van der Waals surface area contributed by atoms with E-state index in [9.17, 15) is 4.79 Å². The van der Waals surface area contributed by atoms with Gasteiger partial charge in [-0.2, -0.15) is 0 Å². The highest BCUT2D eigenvalue weighted by Gasteiger charge is 2.16. The molecule has 0 bridgehead atoms. The van der Waals surface area contributed by atoms with Gasteiger partial charge in [0.05, 0.1) is 10.5 Å². The molecule has 2 atom stereocenters. The smallest absolute Gasteiger partial charge is 0.223 e. The van der Waals surface area contributed by atoms with E-state index >= 15 is 0 Å². The molecule has 1 amide bonds. The molecule has 0 aromatic carbocycles. The van der Waals surface area contributed by atoms with E-state index in [4.69, 9.17) is 0 Å². The average Bonchev–Trinajstić information content (AvgIpc) is 2.36. The number of hydrogen-bond donors (Lipinski definition) is 1. The van der Waals surface area contributed by atoms with Gasteiger partial charge in [-0.15, -0.1) is 0 Å². The molecule has 0 aliphatic rings. The first kappa shape index (κ1) is 15.1. The molecule has 18 heavy (non-hydrogen) atoms. The van der Waals surface area contributed by atoms with Gasteiger partial charge in [-0.05, 0) is 29.3 Å². The molecule has 0 aliphatic carbocycles. The summed E-state index contributed by atoms with van der Waals surface area (Å²) in [6.45, 7) is 5.98. The lowest BCUT2D eigenvalue weighted by Gasteiger charge is -2.16. The number of nitrogens with zero attached hydrogens (tertiary/aromatic N) is 2. The van der Waals surface area contributed by atoms with Crippen molar-refractivity contribution in [2.24, 2.45) is 5.92 Å². The van der Waals surface area contributed by atoms with E-state index in [0.29, 0.717) is 5.82 Å². The molecule has 1 heterocycles. The molecule has 0 spiro atoms. The lowest BCUT2D eigenvalue weighted by molar-refractivity contribution is -0.125. The third-order valence-electron chi connectivity index (χ3n) is 2.82. The summed E-state index contributed by atoms with van der Waals surface area (Å²) in [7, 11) is 0. The Kier molecular flexibility index (Phi) is 6.25. The van der Waals surface area contributed by atoms with Gasteiger partial charge in [0.1, 0.15) is 5.82 Å². The lowest BCUT2D eigenvalue weighted by Crippen LogP contribution is -2.32. The Morgan fingerprint density at radius 2 is 2.00 bits per heavy atom. The Hall–Kier alpha value is -0.970. The molecule has 0 unspecified atom stereocenters. The highest BCUT2D eigenvalue weighted by Crippen LogP contribution is 2.13. The summed E-state index contributed by atoms with van der Waals surface area (Å²) in [4.78, 5) is 20.3. The maximum atomic E-state index is 11.9. The van der Waals surface area contributed by atoms with E-state index in [1.807, 2.05) is 13.8 Å². The van der Waals surface area contributed by atoms with Crippen LogP contribution in [-0.2, 0) is 4.79 Å². The fourth-order valence-corrected chi connectivity index (χ4v) is 1.81. The maximum absolute atomic E-state index is 11.9. The second-order valence-corrected chi connectivity index (χ2v) is 5.45. The van der Waals surface area contributed by atoms with Crippen LogP contribution in [-0.4, -0.2) is 15.9 Å². The average molecular weight is 314 g/mol. The number of rotatable bonds is 6. The molecule has 1 rings (SSSR count). The van der Waals surface area contributed by atoms with Crippen molar-refractivity contribution in [3.05, 3.63) is 22.7 Å². The fraction of sp³-hybridized carbons (Fsp3) is 0.615. The van der Waals surface area contributed by atoms with E-state index in [1.54, 1.807) is 12.4 Å². The number of halogens is 1. The molecule has 4 nitrogen and oxygen atoms in total. The molecule has 100 valence electrons. The van der Waals surface area contributed by atoms with Crippen LogP contribution >= 0.6 is 15.9 Å². The predicted molar refractivity (Wildman–Crippen MR) is 75.0 cm³/mol. The van der Waals surface area contributed by atoms with Crippen molar-refractivity contribution < 1.29 is 4.79 Å². The van der Waals surface area contributed by atoms with Crippen LogP contribution in [0, 0.1) is 5.92 Å². The van der Waals surface area contributed by atoms with E-state index in [-0.39, 0.29) is 17.9 Å². The number of amides is 1. The van der Waals surface area contributed by atoms with Crippen LogP contribution in [0.1, 0.15) is 51.9 Å². The van der Waals surface area contributed by atoms with Crippen molar-refractivity contribution in [1.82, 2.24) is 15.3 Å². The van der Waals surface area contributed by atoms with E-state index in [1.165, 1.54) is 0 Å². The normalized spacial score (nSPS) is 14.0. The zero-order valence-corrected chi connectivity index (χ0v) is 12.7. The van der Waals surface area contributed by atoms with E-state index in [0.717, 1.165) is 23.7 Å². The van der Waals surface area contributed by atoms with Gasteiger partial charge in [-0.1, -0.05) is 26.7 Å². The molecule has 0 saturated carbocycles. The number of carbonyl (C=O) groups is 1. The van der Waals surface area contributed by atoms with E-state index in [2.05, 4.69) is 38.1 Å². The van der Waals surface area contributed by atoms with Crippen molar-refractivity contribution in [2.75, 3.05) is 0 Å². The third-order valence-corrected chi connectivity index (χ3v) is 3.23. The van der Waals surface area contributed by atoms with Crippen LogP contribution in [0.25, 0.3) is 0 Å². The van der Waals surface area contributed by atoms with Gasteiger partial charge < -0.3 is 5.32 Å². The van der Waals surface area contributed by atoms with Gasteiger partial charge in [-0.25, -0.2) is 9.97 Å². The minimum absolute atomic E-state index is 0.0443. The summed E-state index contributed by atoms with van der Waals surface area (Å²) in [5, 5.41) is 2.95. The summed E-state index contributed by atoms with van der Waals surface area (Å²) in [5.41, 5.74) is 0. The molecule has 0 saturated heterocycles. The first-order valence-corrected chi connectivity index (χ1v) is 7.11. The van der Waals surface area contributed by atoms with Crippen molar-refractivity contribution in [3.8, 4) is 0 Å². The monoisotopic (exact) mass is 313 g/mol. The molecule has 1 N–H and O–H groups in total. The topological polar surface area (TPSA) is 54.9 Å². The SMILES string of the molecule is CCCC[C@H](C)C(=O)N[C@@H](C)c1ncc(Br)cn1. The molecular formula is C13H20BrN3O. The largest absolute Gasteiger partial charge is 0.346 e. The second kappa shape index (κ2) is 7.46. The first-order chi connectivity index (χ1) is 8.54. The van der Waals surface area contributed by atoms with Crippen LogP contribution in [0.3, 0.4) is 0 Å². The third kappa shape index (κ3) is 4.72. The Morgan fingerprint density at radius 1 is 1.39 bits per heavy atom. The number of aromatic nitrogens is 2. The summed E-state index contributed by atoms with van der Waals surface area (Å²) >= 11 is 3.28. The Labute approximate surface area is 117 Å². The van der Waals surface area contributed by atoms with Gasteiger partial charge in [0, 0.05) is 18.3 Å². The predicted octanol–water partition coefficient (Wildman–Crippen LogP) is 3.24. The minimum Gasteiger partial charge on any atom is -0.346 e. The van der Waals surface area contributed by atoms with Gasteiger partial charge in [0.25, 0.3) is 0 Å². The molecule has 1 aromatic heterocycles. The minimum atomic E-state index is -0.158. The van der Waals surface area contributed by atoms with Gasteiger partial charge in [0.15, 0.2) is 0 Å². The quantitative estimate of drug-likeness (QED) is 0.877. The molecule has 0 aliphatic heterocycles. The first-order valence-electron chi connectivity index (χ1n) is 6.32. The van der Waals surface area contributed by atoms with Crippen LogP contribution < -0.4 is 5.32 Å². The lowest BCUT2D eigenvalue weighted by atomic mass is 10.0. The Morgan fingerprint density at radius 3 is 2.56 bits per heavy atom. The van der Waals surface area contributed by atoms with Gasteiger partial charge >= 0.3 is 0 Å². The summed E-state index contributed by atoms with van der Waals surface area (Å²) in [6, 6.07) is -0.158. The Balaban J connectivity index is 2.51. The van der Waals surface area contributed by atoms with Crippen molar-refractivity contribution in [2.45, 2.75) is 46.1 Å². The number of nitrogens with one attached hydrogen (secondary N) is 1. The van der Waals surface area contributed by atoms with E-state index < -0.39 is 0 Å². The molecular weight excluding hydrogens is 294 g/mol. The maximum Gasteiger partial charge on any atom is 0.223 e. The summed E-state index contributed by atoms with van der Waals surface area (Å²) in [6.07, 6.45) is 6.49. The standard InChI is InChI=1S/C13H20BrN3O/c1-4-5-6-9(2)13(18)17-10(3)12-15-7-11(14)8-16-12/h7-10H,4-6H2,1-3H3,(H,17,18)/t9-,10-/m0/s1. The zero-order valence-electron chi connectivity index (χ0n) is 11.1. The van der Waals surface area contributed by atoms with Crippen molar-refractivity contribution in [1.29, 1.82) is 0 Å². The molecule has 1 aromatic rings. The molecule has 0 radical (unpaired) electrons. The second-order valence-electron chi connectivity index (χ2n) is 4.53. The van der Waals surface area contributed by atoms with Gasteiger partial charge in [0.2, 0.25) is 5.91 Å². The van der Waals surface area contributed by atoms with Gasteiger partial charge in [-0.3, -0.25) is 4.79 Å². The number of carbonyl (C=O) groups excluding carboxylic acids is 1. The molecule has 5 heteroatoms. The zero-order chi connectivity index (χ0) is 13.5. The summed E-state index contributed by atoms with van der Waals surface area (Å²) in [5.74, 6) is 0.750. The number of unbranched alkanes of at least 4 members (excludes halogenated alkanes) is 1. The van der Waals surface area contributed by atoms with Crippen molar-refractivity contribution >= 4 is 21.8 Å². The van der Waals surface area contributed by atoms with Crippen LogP contribution in [0.5, 0.6) is 0 Å². The Bertz CT molecular complexity index is 380. The van der Waals surface area contributed by atoms with Crippen LogP contribution in [0.4, 0.5) is 0 Å².